The number of pyridine rings is 1. The highest BCUT2D eigenvalue weighted by Gasteiger charge is 2.04. The Labute approximate surface area is 97.0 Å². The van der Waals surface area contributed by atoms with Crippen LogP contribution in [-0.4, -0.2) is 4.98 Å². The van der Waals surface area contributed by atoms with Crippen LogP contribution in [0.2, 0.25) is 5.02 Å². The lowest BCUT2D eigenvalue weighted by molar-refractivity contribution is 0.628. The van der Waals surface area contributed by atoms with Crippen molar-refractivity contribution in [1.82, 2.24) is 4.98 Å². The Morgan fingerprint density at radius 2 is 2.06 bits per heavy atom. The molecule has 0 atom stereocenters. The largest absolute Gasteiger partial charge is 0.324 e. The number of hydrogen-bond donors (Lipinski definition) is 2. The zero-order valence-corrected chi connectivity index (χ0v) is 9.00. The summed E-state index contributed by atoms with van der Waals surface area (Å²) in [4.78, 5) is 4.15. The summed E-state index contributed by atoms with van der Waals surface area (Å²) in [5.74, 6) is 4.84. The molecular weight excluding hydrogens is 229 g/mol. The molecule has 0 radical (unpaired) electrons. The van der Waals surface area contributed by atoms with Gasteiger partial charge in [0.05, 0.1) is 16.4 Å². The smallest absolute Gasteiger partial charge is 0.141 e. The fraction of sp³-hybridized carbons (Fsp3) is 0. The summed E-state index contributed by atoms with van der Waals surface area (Å²) in [7, 11) is 0. The van der Waals surface area contributed by atoms with Crippen molar-refractivity contribution in [3.63, 3.8) is 0 Å². The highest BCUT2D eigenvalue weighted by molar-refractivity contribution is 6.31. The molecular formula is C11H9ClFN3. The molecule has 0 aliphatic heterocycles. The fourth-order valence-electron chi connectivity index (χ4n) is 1.33. The van der Waals surface area contributed by atoms with E-state index in [0.717, 1.165) is 11.3 Å². The van der Waals surface area contributed by atoms with E-state index in [4.69, 9.17) is 17.4 Å². The van der Waals surface area contributed by atoms with Crippen LogP contribution in [0.25, 0.3) is 11.3 Å². The van der Waals surface area contributed by atoms with Gasteiger partial charge in [-0.1, -0.05) is 11.6 Å². The molecule has 3 nitrogen and oxygen atoms in total. The third-order valence-electron chi connectivity index (χ3n) is 2.14. The summed E-state index contributed by atoms with van der Waals surface area (Å²) in [6.45, 7) is 0. The molecule has 3 N–H and O–H groups in total. The van der Waals surface area contributed by atoms with E-state index in [1.807, 2.05) is 0 Å². The lowest BCUT2D eigenvalue weighted by Gasteiger charge is -2.04. The van der Waals surface area contributed by atoms with E-state index in [9.17, 15) is 4.39 Å². The highest BCUT2D eigenvalue weighted by Crippen LogP contribution is 2.24. The van der Waals surface area contributed by atoms with Crippen LogP contribution in [0.5, 0.6) is 0 Å². The van der Waals surface area contributed by atoms with Crippen LogP contribution < -0.4 is 11.3 Å². The maximum Gasteiger partial charge on any atom is 0.141 e. The quantitative estimate of drug-likeness (QED) is 0.624. The molecule has 0 unspecified atom stereocenters. The van der Waals surface area contributed by atoms with Crippen molar-refractivity contribution in [2.24, 2.45) is 5.84 Å². The summed E-state index contributed by atoms with van der Waals surface area (Å²) in [6, 6.07) is 7.93. The molecule has 0 bridgehead atoms. The molecule has 1 aromatic carbocycles. The lowest BCUT2D eigenvalue weighted by Crippen LogP contribution is -2.06. The predicted octanol–water partition coefficient (Wildman–Crippen LogP) is 2.83. The summed E-state index contributed by atoms with van der Waals surface area (Å²) < 4.78 is 13.0. The minimum Gasteiger partial charge on any atom is -0.324 e. The van der Waals surface area contributed by atoms with Crippen LogP contribution in [0.1, 0.15) is 0 Å². The maximum atomic E-state index is 13.0. The zero-order valence-electron chi connectivity index (χ0n) is 8.24. The fourth-order valence-corrected chi connectivity index (χ4v) is 1.51. The number of halogens is 2. The topological polar surface area (TPSA) is 50.9 Å². The van der Waals surface area contributed by atoms with E-state index in [1.165, 1.54) is 12.1 Å². The molecule has 0 amide bonds. The molecule has 1 heterocycles. The van der Waals surface area contributed by atoms with Gasteiger partial charge in [-0.15, -0.1) is 0 Å². The summed E-state index contributed by atoms with van der Waals surface area (Å²) >= 11 is 5.69. The molecule has 0 aliphatic carbocycles. The number of benzene rings is 1. The standard InChI is InChI=1S/C11H9ClFN3/c12-9-5-7(1-2-10(9)13)11-6-8(16-14)3-4-15-11/h1-6H,14H2,(H,15,16). The monoisotopic (exact) mass is 237 g/mol. The Kier molecular flexibility index (Phi) is 3.03. The zero-order chi connectivity index (χ0) is 11.5. The molecule has 0 fully saturated rings. The van der Waals surface area contributed by atoms with E-state index < -0.39 is 5.82 Å². The molecule has 2 aromatic rings. The van der Waals surface area contributed by atoms with Crippen molar-refractivity contribution in [1.29, 1.82) is 0 Å². The second kappa shape index (κ2) is 4.47. The van der Waals surface area contributed by atoms with Crippen LogP contribution in [0.15, 0.2) is 36.5 Å². The Hall–Kier alpha value is -1.65. The second-order valence-corrected chi connectivity index (χ2v) is 3.61. The number of rotatable bonds is 2. The van der Waals surface area contributed by atoms with Gasteiger partial charge in [-0.2, -0.15) is 0 Å². The summed E-state index contributed by atoms with van der Waals surface area (Å²) in [5.41, 5.74) is 4.66. The van der Waals surface area contributed by atoms with Crippen molar-refractivity contribution in [3.8, 4) is 11.3 Å². The Bertz CT molecular complexity index is 516. The molecule has 16 heavy (non-hydrogen) atoms. The first-order valence-corrected chi connectivity index (χ1v) is 4.96. The minimum absolute atomic E-state index is 0.0745. The van der Waals surface area contributed by atoms with Crippen molar-refractivity contribution < 1.29 is 4.39 Å². The van der Waals surface area contributed by atoms with E-state index in [2.05, 4.69) is 10.4 Å². The molecule has 0 saturated heterocycles. The first kappa shape index (κ1) is 10.9. The highest BCUT2D eigenvalue weighted by atomic mass is 35.5. The van der Waals surface area contributed by atoms with Gasteiger partial charge in [-0.3, -0.25) is 10.8 Å². The van der Waals surface area contributed by atoms with E-state index >= 15 is 0 Å². The number of aromatic nitrogens is 1. The summed E-state index contributed by atoms with van der Waals surface area (Å²) in [5, 5.41) is 0.0745. The number of nitrogens with zero attached hydrogens (tertiary/aromatic N) is 1. The molecule has 0 saturated carbocycles. The van der Waals surface area contributed by atoms with Gasteiger partial charge >= 0.3 is 0 Å². The predicted molar refractivity (Wildman–Crippen MR) is 62.5 cm³/mol. The van der Waals surface area contributed by atoms with Gasteiger partial charge in [-0.25, -0.2) is 4.39 Å². The number of hydrazine groups is 1. The average Bonchev–Trinajstić information content (AvgIpc) is 2.33. The minimum atomic E-state index is -0.446. The first-order valence-electron chi connectivity index (χ1n) is 4.59. The van der Waals surface area contributed by atoms with Crippen LogP contribution in [0, 0.1) is 5.82 Å². The summed E-state index contributed by atoms with van der Waals surface area (Å²) in [6.07, 6.45) is 1.61. The Morgan fingerprint density at radius 1 is 1.25 bits per heavy atom. The van der Waals surface area contributed by atoms with Gasteiger partial charge in [0.2, 0.25) is 0 Å². The molecule has 2 rings (SSSR count). The second-order valence-electron chi connectivity index (χ2n) is 3.20. The molecule has 1 aromatic heterocycles. The number of nitrogen functional groups attached to an aromatic ring is 1. The number of hydrogen-bond acceptors (Lipinski definition) is 3. The van der Waals surface area contributed by atoms with Crippen LogP contribution in [0.4, 0.5) is 10.1 Å². The molecule has 82 valence electrons. The van der Waals surface area contributed by atoms with Gasteiger partial charge in [0.15, 0.2) is 0 Å². The van der Waals surface area contributed by atoms with Gasteiger partial charge in [0.25, 0.3) is 0 Å². The van der Waals surface area contributed by atoms with Gasteiger partial charge in [-0.05, 0) is 30.3 Å². The number of nitrogens with two attached hydrogens (primary N) is 1. The lowest BCUT2D eigenvalue weighted by atomic mass is 10.1. The number of anilines is 1. The van der Waals surface area contributed by atoms with Crippen LogP contribution in [-0.2, 0) is 0 Å². The Balaban J connectivity index is 2.46. The average molecular weight is 238 g/mol. The van der Waals surface area contributed by atoms with Crippen molar-refractivity contribution in [2.75, 3.05) is 5.43 Å². The van der Waals surface area contributed by atoms with Crippen molar-refractivity contribution >= 4 is 17.3 Å². The third-order valence-corrected chi connectivity index (χ3v) is 2.43. The third kappa shape index (κ3) is 2.13. The van der Waals surface area contributed by atoms with Crippen LogP contribution in [0.3, 0.4) is 0 Å². The first-order chi connectivity index (χ1) is 7.70. The van der Waals surface area contributed by atoms with Crippen LogP contribution >= 0.6 is 11.6 Å². The van der Waals surface area contributed by atoms with Crippen molar-refractivity contribution in [3.05, 3.63) is 47.4 Å². The normalized spacial score (nSPS) is 10.2. The van der Waals surface area contributed by atoms with E-state index in [0.29, 0.717) is 5.69 Å². The molecule has 0 spiro atoms. The van der Waals surface area contributed by atoms with Gasteiger partial charge in [0, 0.05) is 11.8 Å². The molecule has 5 heteroatoms. The molecule has 0 aliphatic rings. The van der Waals surface area contributed by atoms with Crippen molar-refractivity contribution in [2.45, 2.75) is 0 Å². The maximum absolute atomic E-state index is 13.0. The SMILES string of the molecule is NNc1ccnc(-c2ccc(F)c(Cl)c2)c1. The number of nitrogens with one attached hydrogen (secondary N) is 1. The van der Waals surface area contributed by atoms with Gasteiger partial charge in [0.1, 0.15) is 5.82 Å². The van der Waals surface area contributed by atoms with Gasteiger partial charge < -0.3 is 5.43 Å². The Morgan fingerprint density at radius 3 is 2.75 bits per heavy atom. The van der Waals surface area contributed by atoms with E-state index in [-0.39, 0.29) is 5.02 Å². The van der Waals surface area contributed by atoms with E-state index in [1.54, 1.807) is 24.4 Å².